The van der Waals surface area contributed by atoms with E-state index in [1.807, 2.05) is 20.8 Å². The summed E-state index contributed by atoms with van der Waals surface area (Å²) in [6.45, 7) is 7.87. The third kappa shape index (κ3) is 7.32. The van der Waals surface area contributed by atoms with Gasteiger partial charge in [0, 0.05) is 19.6 Å². The number of carboxylic acids is 1. The van der Waals surface area contributed by atoms with Crippen LogP contribution in [0.3, 0.4) is 0 Å². The Kier molecular flexibility index (Phi) is 6.45. The molecule has 1 heterocycles. The largest absolute Gasteiger partial charge is 0.481 e. The van der Waals surface area contributed by atoms with Gasteiger partial charge in [-0.3, -0.25) is 4.79 Å². The zero-order chi connectivity index (χ0) is 15.9. The van der Waals surface area contributed by atoms with Crippen LogP contribution in [0.2, 0.25) is 0 Å². The summed E-state index contributed by atoms with van der Waals surface area (Å²) in [5, 5.41) is 14.5. The molecule has 0 aromatic heterocycles. The summed E-state index contributed by atoms with van der Waals surface area (Å²) in [5.41, 5.74) is -0.384. The van der Waals surface area contributed by atoms with E-state index in [9.17, 15) is 9.59 Å². The predicted octanol–water partition coefficient (Wildman–Crippen LogP) is 2.14. The molecule has 21 heavy (non-hydrogen) atoms. The van der Waals surface area contributed by atoms with E-state index in [-0.39, 0.29) is 23.4 Å². The number of nitrogens with one attached hydrogen (secondary N) is 2. The number of urea groups is 1. The van der Waals surface area contributed by atoms with Crippen LogP contribution in [0.15, 0.2) is 0 Å². The molecule has 1 unspecified atom stereocenters. The maximum atomic E-state index is 11.9. The molecule has 1 aliphatic rings. The number of amides is 2. The number of hydrogen-bond donors (Lipinski definition) is 3. The van der Waals surface area contributed by atoms with Crippen molar-refractivity contribution < 1.29 is 19.4 Å². The van der Waals surface area contributed by atoms with Gasteiger partial charge in [0.25, 0.3) is 0 Å². The number of carboxylic acid groups (broad SMARTS) is 1. The van der Waals surface area contributed by atoms with Gasteiger partial charge in [0.15, 0.2) is 0 Å². The summed E-state index contributed by atoms with van der Waals surface area (Å²) >= 11 is 0. The molecular weight excluding hydrogens is 272 g/mol. The Labute approximate surface area is 126 Å². The molecular formula is C15H28N2O4. The van der Waals surface area contributed by atoms with Gasteiger partial charge in [0.1, 0.15) is 0 Å². The van der Waals surface area contributed by atoms with Crippen LogP contribution in [0.4, 0.5) is 4.79 Å². The highest BCUT2D eigenvalue weighted by Crippen LogP contribution is 2.26. The lowest BCUT2D eigenvalue weighted by Gasteiger charge is -2.34. The molecule has 1 fully saturated rings. The van der Waals surface area contributed by atoms with Gasteiger partial charge in [-0.05, 0) is 38.0 Å². The van der Waals surface area contributed by atoms with Gasteiger partial charge in [-0.2, -0.15) is 0 Å². The van der Waals surface area contributed by atoms with Crippen molar-refractivity contribution in [2.45, 2.75) is 58.4 Å². The summed E-state index contributed by atoms with van der Waals surface area (Å²) in [6.07, 6.45) is 3.40. The Morgan fingerprint density at radius 2 is 2.05 bits per heavy atom. The van der Waals surface area contributed by atoms with Crippen molar-refractivity contribution in [2.75, 3.05) is 19.8 Å². The zero-order valence-corrected chi connectivity index (χ0v) is 13.3. The lowest BCUT2D eigenvalue weighted by atomic mass is 9.84. The smallest absolute Gasteiger partial charge is 0.315 e. The summed E-state index contributed by atoms with van der Waals surface area (Å²) in [4.78, 5) is 22.5. The molecule has 0 radical (unpaired) electrons. The van der Waals surface area contributed by atoms with Crippen molar-refractivity contribution in [1.82, 2.24) is 10.6 Å². The highest BCUT2D eigenvalue weighted by atomic mass is 16.5. The maximum absolute atomic E-state index is 11.9. The van der Waals surface area contributed by atoms with E-state index in [0.717, 1.165) is 25.9 Å². The number of carbonyl (C=O) groups is 2. The Balaban J connectivity index is 2.24. The Morgan fingerprint density at radius 1 is 1.33 bits per heavy atom. The summed E-state index contributed by atoms with van der Waals surface area (Å²) in [6, 6.07) is -0.183. The fourth-order valence-electron chi connectivity index (χ4n) is 2.44. The molecule has 0 saturated carbocycles. The van der Waals surface area contributed by atoms with Crippen molar-refractivity contribution in [2.24, 2.45) is 5.41 Å². The average molecular weight is 300 g/mol. The van der Waals surface area contributed by atoms with Gasteiger partial charge in [-0.25, -0.2) is 4.79 Å². The second kappa shape index (κ2) is 7.64. The van der Waals surface area contributed by atoms with E-state index in [1.165, 1.54) is 0 Å². The van der Waals surface area contributed by atoms with Crippen LogP contribution >= 0.6 is 0 Å². The normalized spacial score (nSPS) is 22.6. The van der Waals surface area contributed by atoms with Crippen molar-refractivity contribution >= 4 is 12.0 Å². The van der Waals surface area contributed by atoms with Gasteiger partial charge < -0.3 is 20.5 Å². The van der Waals surface area contributed by atoms with E-state index in [4.69, 9.17) is 9.84 Å². The van der Waals surface area contributed by atoms with Gasteiger partial charge in [0.2, 0.25) is 0 Å². The Hall–Kier alpha value is -1.30. The Morgan fingerprint density at radius 3 is 2.62 bits per heavy atom. The molecule has 1 aliphatic heterocycles. The molecule has 0 aromatic carbocycles. The summed E-state index contributed by atoms with van der Waals surface area (Å²) in [5.74, 6) is -0.779. The van der Waals surface area contributed by atoms with E-state index < -0.39 is 5.97 Å². The second-order valence-electron chi connectivity index (χ2n) is 6.91. The Bertz CT molecular complexity index is 363. The molecule has 6 heteroatoms. The SMILES string of the molecule is CC(C)(CCNC(=O)NC1(C)CCCOC1)CCC(=O)O. The molecule has 0 bridgehead atoms. The number of rotatable bonds is 7. The van der Waals surface area contributed by atoms with Gasteiger partial charge in [0.05, 0.1) is 12.1 Å². The van der Waals surface area contributed by atoms with Gasteiger partial charge in [-0.15, -0.1) is 0 Å². The first-order valence-electron chi connectivity index (χ1n) is 7.58. The summed E-state index contributed by atoms with van der Waals surface area (Å²) < 4.78 is 5.40. The molecule has 1 atom stereocenters. The quantitative estimate of drug-likeness (QED) is 0.672. The molecule has 122 valence electrons. The first-order valence-corrected chi connectivity index (χ1v) is 7.58. The van der Waals surface area contributed by atoms with Crippen LogP contribution in [0.5, 0.6) is 0 Å². The first-order chi connectivity index (χ1) is 9.72. The van der Waals surface area contributed by atoms with Crippen LogP contribution in [-0.4, -0.2) is 42.4 Å². The molecule has 2 amide bonds. The van der Waals surface area contributed by atoms with Gasteiger partial charge in [-0.1, -0.05) is 13.8 Å². The molecule has 1 rings (SSSR count). The lowest BCUT2D eigenvalue weighted by molar-refractivity contribution is -0.137. The van der Waals surface area contributed by atoms with Crippen LogP contribution in [0.1, 0.15) is 52.9 Å². The number of hydrogen-bond acceptors (Lipinski definition) is 3. The third-order valence-corrected chi connectivity index (χ3v) is 3.96. The van der Waals surface area contributed by atoms with Crippen molar-refractivity contribution in [3.63, 3.8) is 0 Å². The number of carbonyl (C=O) groups excluding carboxylic acids is 1. The van der Waals surface area contributed by atoms with Crippen molar-refractivity contribution in [1.29, 1.82) is 0 Å². The predicted molar refractivity (Wildman–Crippen MR) is 80.3 cm³/mol. The molecule has 1 saturated heterocycles. The minimum atomic E-state index is -0.779. The molecule has 0 spiro atoms. The monoisotopic (exact) mass is 300 g/mol. The minimum Gasteiger partial charge on any atom is -0.481 e. The van der Waals surface area contributed by atoms with Crippen LogP contribution in [0.25, 0.3) is 0 Å². The van der Waals surface area contributed by atoms with E-state index in [0.29, 0.717) is 19.6 Å². The summed E-state index contributed by atoms with van der Waals surface area (Å²) in [7, 11) is 0. The molecule has 3 N–H and O–H groups in total. The standard InChI is InChI=1S/C15H28N2O4/c1-14(2,7-5-12(18)19)8-9-16-13(20)17-15(3)6-4-10-21-11-15/h4-11H2,1-3H3,(H,18,19)(H2,16,17,20). The van der Waals surface area contributed by atoms with Crippen LogP contribution < -0.4 is 10.6 Å². The molecule has 0 aromatic rings. The van der Waals surface area contributed by atoms with Gasteiger partial charge >= 0.3 is 12.0 Å². The fourth-order valence-corrected chi connectivity index (χ4v) is 2.44. The molecule has 0 aliphatic carbocycles. The highest BCUT2D eigenvalue weighted by Gasteiger charge is 2.29. The number of ether oxygens (including phenoxy) is 1. The average Bonchev–Trinajstić information content (AvgIpc) is 2.36. The topological polar surface area (TPSA) is 87.7 Å². The third-order valence-electron chi connectivity index (χ3n) is 3.96. The second-order valence-corrected chi connectivity index (χ2v) is 6.91. The number of aliphatic carboxylic acids is 1. The van der Waals surface area contributed by atoms with Crippen LogP contribution in [-0.2, 0) is 9.53 Å². The lowest BCUT2D eigenvalue weighted by Crippen LogP contribution is -2.54. The zero-order valence-electron chi connectivity index (χ0n) is 13.3. The fraction of sp³-hybridized carbons (Fsp3) is 0.867. The first kappa shape index (κ1) is 17.8. The van der Waals surface area contributed by atoms with E-state index >= 15 is 0 Å². The van der Waals surface area contributed by atoms with E-state index in [2.05, 4.69) is 10.6 Å². The van der Waals surface area contributed by atoms with Crippen LogP contribution in [0, 0.1) is 5.41 Å². The maximum Gasteiger partial charge on any atom is 0.315 e. The van der Waals surface area contributed by atoms with E-state index in [1.54, 1.807) is 0 Å². The van der Waals surface area contributed by atoms with Crippen molar-refractivity contribution in [3.8, 4) is 0 Å². The molecule has 6 nitrogen and oxygen atoms in total. The highest BCUT2D eigenvalue weighted by molar-refractivity contribution is 5.74. The van der Waals surface area contributed by atoms with Crippen molar-refractivity contribution in [3.05, 3.63) is 0 Å². The minimum absolute atomic E-state index is 0.0937.